The number of nitrogens with one attached hydrogen (secondary N) is 3. The van der Waals surface area contributed by atoms with E-state index in [1.54, 1.807) is 12.3 Å². The Labute approximate surface area is 129 Å². The van der Waals surface area contributed by atoms with E-state index in [-0.39, 0.29) is 25.1 Å². The van der Waals surface area contributed by atoms with Crippen LogP contribution in [-0.2, 0) is 0 Å². The van der Waals surface area contributed by atoms with Crippen molar-refractivity contribution in [2.45, 2.75) is 12.6 Å². The highest BCUT2D eigenvalue weighted by Crippen LogP contribution is 2.72. The summed E-state index contributed by atoms with van der Waals surface area (Å²) in [7, 11) is 0. The van der Waals surface area contributed by atoms with Crippen LogP contribution in [-0.4, -0.2) is 35.8 Å². The van der Waals surface area contributed by atoms with Crippen molar-refractivity contribution in [1.82, 2.24) is 15.3 Å². The third-order valence-corrected chi connectivity index (χ3v) is 5.22. The number of piperidine rings is 1. The highest BCUT2D eigenvalue weighted by molar-refractivity contribution is 5.90. The molecule has 3 heterocycles. The van der Waals surface area contributed by atoms with Crippen LogP contribution in [0.15, 0.2) is 29.3 Å². The molecular formula is C15H15F3N4O. The maximum atomic E-state index is 13.3. The summed E-state index contributed by atoms with van der Waals surface area (Å²) in [5.41, 5.74) is -1.68. The number of rotatable bonds is 3. The molecule has 2 fully saturated rings. The first-order chi connectivity index (χ1) is 10.9. The average Bonchev–Trinajstić information content (AvgIpc) is 3.01. The zero-order valence-electron chi connectivity index (χ0n) is 12.1. The molecule has 0 aromatic carbocycles. The highest BCUT2D eigenvalue weighted by atomic mass is 19.4. The van der Waals surface area contributed by atoms with Gasteiger partial charge in [0.15, 0.2) is 0 Å². The average molecular weight is 324 g/mol. The number of alkyl halides is 3. The van der Waals surface area contributed by atoms with Crippen LogP contribution in [0.4, 0.5) is 18.9 Å². The molecule has 0 unspecified atom stereocenters. The van der Waals surface area contributed by atoms with Crippen LogP contribution in [0.1, 0.15) is 6.42 Å². The summed E-state index contributed by atoms with van der Waals surface area (Å²) in [4.78, 5) is 18.3. The van der Waals surface area contributed by atoms with Gasteiger partial charge >= 0.3 is 6.18 Å². The molecular weight excluding hydrogens is 309 g/mol. The van der Waals surface area contributed by atoms with E-state index in [2.05, 4.69) is 20.6 Å². The molecule has 3 N–H and O–H groups in total. The lowest BCUT2D eigenvalue weighted by molar-refractivity contribution is -0.190. The van der Waals surface area contributed by atoms with Crippen molar-refractivity contribution < 1.29 is 13.2 Å². The largest absolute Gasteiger partial charge is 0.396 e. The molecule has 5 nitrogen and oxygen atoms in total. The second-order valence-corrected chi connectivity index (χ2v) is 6.46. The Kier molecular flexibility index (Phi) is 2.82. The topological polar surface area (TPSA) is 69.8 Å². The minimum atomic E-state index is -4.21. The number of pyridine rings is 2. The maximum Gasteiger partial charge on any atom is 0.396 e. The van der Waals surface area contributed by atoms with Crippen molar-refractivity contribution in [3.05, 3.63) is 34.9 Å². The quantitative estimate of drug-likeness (QED) is 0.806. The van der Waals surface area contributed by atoms with Gasteiger partial charge in [0.05, 0.1) is 17.1 Å². The van der Waals surface area contributed by atoms with Crippen molar-refractivity contribution in [2.24, 2.45) is 10.8 Å². The number of anilines is 1. The molecule has 1 aliphatic heterocycles. The van der Waals surface area contributed by atoms with Crippen molar-refractivity contribution in [2.75, 3.05) is 25.0 Å². The molecule has 1 saturated heterocycles. The summed E-state index contributed by atoms with van der Waals surface area (Å²) in [6, 6.07) is 3.10. The van der Waals surface area contributed by atoms with E-state index in [0.717, 1.165) is 5.39 Å². The summed E-state index contributed by atoms with van der Waals surface area (Å²) < 4.78 is 40.0. The van der Waals surface area contributed by atoms with Gasteiger partial charge < -0.3 is 15.6 Å². The number of aromatic nitrogens is 2. The number of halogens is 3. The molecule has 2 atom stereocenters. The normalized spacial score (nSPS) is 29.5. The Bertz CT molecular complexity index is 833. The predicted octanol–water partition coefficient (Wildman–Crippen LogP) is 1.88. The second kappa shape index (κ2) is 4.47. The third kappa shape index (κ3) is 1.97. The molecule has 0 amide bonds. The zero-order chi connectivity index (χ0) is 16.3. The van der Waals surface area contributed by atoms with Crippen LogP contribution in [0.3, 0.4) is 0 Å². The highest BCUT2D eigenvalue weighted by Gasteiger charge is 2.81. The van der Waals surface area contributed by atoms with Crippen LogP contribution in [0.5, 0.6) is 0 Å². The lowest BCUT2D eigenvalue weighted by atomic mass is 9.95. The van der Waals surface area contributed by atoms with Gasteiger partial charge in [-0.1, -0.05) is 0 Å². The lowest BCUT2D eigenvalue weighted by Gasteiger charge is -2.21. The summed E-state index contributed by atoms with van der Waals surface area (Å²) in [6.45, 7) is 0.487. The smallest absolute Gasteiger partial charge is 0.384 e. The molecule has 2 aromatic heterocycles. The van der Waals surface area contributed by atoms with Crippen molar-refractivity contribution in [3.8, 4) is 0 Å². The molecule has 1 saturated carbocycles. The monoisotopic (exact) mass is 324 g/mol. The number of hydrogen-bond donors (Lipinski definition) is 3. The number of nitrogens with zero attached hydrogens (tertiary/aromatic N) is 1. The Hall–Kier alpha value is -2.09. The van der Waals surface area contributed by atoms with Crippen molar-refractivity contribution in [1.29, 1.82) is 0 Å². The zero-order valence-corrected chi connectivity index (χ0v) is 12.1. The standard InChI is InChI=1S/C15H15F3N4O/c16-15(17,18)14-5-13(14,6-20-8-14)7-21-10-3-12(23)22-11-4-19-2-1-9(10)11/h1-4,20H,5-8H2,(H2,21,22,23)/t13-,14-/m0/s1. The van der Waals surface area contributed by atoms with Gasteiger partial charge in [0.1, 0.15) is 0 Å². The van der Waals surface area contributed by atoms with E-state index in [9.17, 15) is 18.0 Å². The number of H-pyrrole nitrogens is 1. The van der Waals surface area contributed by atoms with Gasteiger partial charge in [-0.25, -0.2) is 0 Å². The van der Waals surface area contributed by atoms with Gasteiger partial charge in [-0.2, -0.15) is 13.2 Å². The number of aromatic amines is 1. The summed E-state index contributed by atoms with van der Waals surface area (Å²) >= 11 is 0. The van der Waals surface area contributed by atoms with E-state index < -0.39 is 17.0 Å². The van der Waals surface area contributed by atoms with Gasteiger partial charge in [0, 0.05) is 48.4 Å². The van der Waals surface area contributed by atoms with E-state index in [1.165, 1.54) is 12.3 Å². The van der Waals surface area contributed by atoms with Crippen molar-refractivity contribution in [3.63, 3.8) is 0 Å². The van der Waals surface area contributed by atoms with E-state index in [0.29, 0.717) is 17.7 Å². The number of hydrogen-bond acceptors (Lipinski definition) is 4. The SMILES string of the molecule is O=c1cc(NC[C@]23CNC[C@@]2(C(F)(F)F)C3)c2ccncc2[nH]1. The van der Waals surface area contributed by atoms with Crippen LogP contribution in [0, 0.1) is 10.8 Å². The summed E-state index contributed by atoms with van der Waals surface area (Å²) in [5.74, 6) is 0. The third-order valence-electron chi connectivity index (χ3n) is 5.22. The Balaban J connectivity index is 1.63. The van der Waals surface area contributed by atoms with Crippen LogP contribution < -0.4 is 16.2 Å². The lowest BCUT2D eigenvalue weighted by Crippen LogP contribution is -2.33. The summed E-state index contributed by atoms with van der Waals surface area (Å²) in [5, 5.41) is 6.65. The van der Waals surface area contributed by atoms with Crippen LogP contribution in [0.25, 0.3) is 10.9 Å². The predicted molar refractivity (Wildman–Crippen MR) is 79.3 cm³/mol. The Morgan fingerprint density at radius 1 is 1.35 bits per heavy atom. The molecule has 1 aliphatic carbocycles. The molecule has 0 spiro atoms. The Morgan fingerprint density at radius 2 is 2.17 bits per heavy atom. The molecule has 0 radical (unpaired) electrons. The molecule has 0 bridgehead atoms. The number of fused-ring (bicyclic) bond motifs is 2. The molecule has 23 heavy (non-hydrogen) atoms. The van der Waals surface area contributed by atoms with Gasteiger partial charge in [-0.05, 0) is 12.5 Å². The minimum Gasteiger partial charge on any atom is -0.384 e. The first-order valence-corrected chi connectivity index (χ1v) is 7.35. The van der Waals surface area contributed by atoms with E-state index in [1.807, 2.05) is 0 Å². The Morgan fingerprint density at radius 3 is 2.91 bits per heavy atom. The van der Waals surface area contributed by atoms with Gasteiger partial charge in [0.2, 0.25) is 0 Å². The van der Waals surface area contributed by atoms with E-state index in [4.69, 9.17) is 0 Å². The molecule has 8 heteroatoms. The molecule has 2 aliphatic rings. The van der Waals surface area contributed by atoms with Gasteiger partial charge in [-0.3, -0.25) is 9.78 Å². The first kappa shape index (κ1) is 14.5. The molecule has 4 rings (SSSR count). The maximum absolute atomic E-state index is 13.3. The molecule has 2 aromatic rings. The fraction of sp³-hybridized carbons (Fsp3) is 0.467. The fourth-order valence-corrected chi connectivity index (χ4v) is 3.84. The minimum absolute atomic E-state index is 0.0295. The molecule has 122 valence electrons. The van der Waals surface area contributed by atoms with Crippen molar-refractivity contribution >= 4 is 16.6 Å². The van der Waals surface area contributed by atoms with Gasteiger partial charge in [-0.15, -0.1) is 0 Å². The fourth-order valence-electron chi connectivity index (χ4n) is 3.84. The van der Waals surface area contributed by atoms with E-state index >= 15 is 0 Å². The second-order valence-electron chi connectivity index (χ2n) is 6.46. The van der Waals surface area contributed by atoms with Crippen LogP contribution in [0.2, 0.25) is 0 Å². The summed E-state index contributed by atoms with van der Waals surface area (Å²) in [6.07, 6.45) is -0.975. The van der Waals surface area contributed by atoms with Gasteiger partial charge in [0.25, 0.3) is 5.56 Å². The van der Waals surface area contributed by atoms with Crippen LogP contribution >= 0.6 is 0 Å². The first-order valence-electron chi connectivity index (χ1n) is 7.35.